The van der Waals surface area contributed by atoms with Crippen molar-refractivity contribution in [1.82, 2.24) is 24.7 Å². The molecular formula is C10H13FN6O. The predicted molar refractivity (Wildman–Crippen MR) is 61.8 cm³/mol. The molecule has 0 radical (unpaired) electrons. The molecule has 1 N–H and O–H groups in total. The van der Waals surface area contributed by atoms with Crippen molar-refractivity contribution < 1.29 is 9.13 Å². The van der Waals surface area contributed by atoms with Gasteiger partial charge in [-0.25, -0.2) is 4.98 Å². The van der Waals surface area contributed by atoms with E-state index in [-0.39, 0.29) is 11.9 Å². The normalized spacial score (nSPS) is 10.4. The molecule has 0 spiro atoms. The highest BCUT2D eigenvalue weighted by atomic mass is 19.1. The van der Waals surface area contributed by atoms with Crippen molar-refractivity contribution in [3.05, 3.63) is 18.3 Å². The standard InChI is InChI=1S/C10H13FN6O/c1-3-4-12-9-13-5-7(11)8(15-9)18-10-14-6-17(2)16-10/h5-6H,3-4H2,1-2H3,(H,12,13,15). The predicted octanol–water partition coefficient (Wildman–Crippen LogP) is 1.36. The molecule has 2 heterocycles. The number of rotatable bonds is 5. The second kappa shape index (κ2) is 5.39. The summed E-state index contributed by atoms with van der Waals surface area (Å²) in [5, 5.41) is 6.81. The number of halogens is 1. The molecule has 0 aliphatic carbocycles. The van der Waals surface area contributed by atoms with E-state index in [1.807, 2.05) is 6.92 Å². The van der Waals surface area contributed by atoms with E-state index < -0.39 is 5.82 Å². The lowest BCUT2D eigenvalue weighted by molar-refractivity contribution is 0.390. The first kappa shape index (κ1) is 12.2. The molecule has 0 atom stereocenters. The Labute approximate surface area is 103 Å². The number of hydrogen-bond acceptors (Lipinski definition) is 6. The van der Waals surface area contributed by atoms with Crippen LogP contribution in [0, 0.1) is 5.82 Å². The first-order chi connectivity index (χ1) is 8.69. The monoisotopic (exact) mass is 252 g/mol. The molecular weight excluding hydrogens is 239 g/mol. The number of aryl methyl sites for hydroxylation is 1. The van der Waals surface area contributed by atoms with Crippen LogP contribution < -0.4 is 10.1 Å². The second-order valence-electron chi connectivity index (χ2n) is 3.58. The van der Waals surface area contributed by atoms with E-state index in [0.717, 1.165) is 12.6 Å². The molecule has 0 unspecified atom stereocenters. The fourth-order valence-electron chi connectivity index (χ4n) is 1.20. The minimum absolute atomic E-state index is 0.0385. The molecule has 2 aromatic heterocycles. The summed E-state index contributed by atoms with van der Waals surface area (Å²) in [6.45, 7) is 2.71. The Hall–Kier alpha value is -2.25. The third-order valence-electron chi connectivity index (χ3n) is 2.01. The Morgan fingerprint density at radius 3 is 2.94 bits per heavy atom. The van der Waals surface area contributed by atoms with Crippen LogP contribution in [0.4, 0.5) is 10.3 Å². The second-order valence-corrected chi connectivity index (χ2v) is 3.58. The maximum atomic E-state index is 13.4. The number of nitrogens with zero attached hydrogens (tertiary/aromatic N) is 5. The number of nitrogens with one attached hydrogen (secondary N) is 1. The number of ether oxygens (including phenoxy) is 1. The minimum atomic E-state index is -0.662. The van der Waals surface area contributed by atoms with Crippen LogP contribution in [0.15, 0.2) is 12.5 Å². The topological polar surface area (TPSA) is 77.8 Å². The van der Waals surface area contributed by atoms with E-state index >= 15 is 0 Å². The van der Waals surface area contributed by atoms with Gasteiger partial charge in [0.15, 0.2) is 0 Å². The summed E-state index contributed by atoms with van der Waals surface area (Å²) in [6.07, 6.45) is 3.41. The Morgan fingerprint density at radius 2 is 2.28 bits per heavy atom. The van der Waals surface area contributed by atoms with Gasteiger partial charge in [0.1, 0.15) is 6.33 Å². The molecule has 0 amide bonds. The maximum absolute atomic E-state index is 13.4. The van der Waals surface area contributed by atoms with Crippen LogP contribution in [0.3, 0.4) is 0 Å². The quantitative estimate of drug-likeness (QED) is 0.865. The van der Waals surface area contributed by atoms with Crippen LogP contribution in [-0.2, 0) is 7.05 Å². The highest BCUT2D eigenvalue weighted by Crippen LogP contribution is 2.19. The zero-order chi connectivity index (χ0) is 13.0. The highest BCUT2D eigenvalue weighted by Gasteiger charge is 2.11. The summed E-state index contributed by atoms with van der Waals surface area (Å²) in [5.41, 5.74) is 0. The lowest BCUT2D eigenvalue weighted by Crippen LogP contribution is -2.06. The van der Waals surface area contributed by atoms with Crippen molar-refractivity contribution >= 4 is 5.95 Å². The average Bonchev–Trinajstić information content (AvgIpc) is 2.76. The van der Waals surface area contributed by atoms with Crippen LogP contribution in [0.1, 0.15) is 13.3 Å². The summed E-state index contributed by atoms with van der Waals surface area (Å²) in [4.78, 5) is 11.5. The zero-order valence-corrected chi connectivity index (χ0v) is 10.1. The summed E-state index contributed by atoms with van der Waals surface area (Å²) in [7, 11) is 1.68. The molecule has 96 valence electrons. The Kier molecular flexibility index (Phi) is 3.66. The van der Waals surface area contributed by atoms with Gasteiger partial charge in [0.25, 0.3) is 5.88 Å². The summed E-state index contributed by atoms with van der Waals surface area (Å²) in [6, 6.07) is 0.0385. The molecule has 18 heavy (non-hydrogen) atoms. The van der Waals surface area contributed by atoms with Crippen molar-refractivity contribution in [3.8, 4) is 11.9 Å². The molecule has 2 aromatic rings. The third-order valence-corrected chi connectivity index (χ3v) is 2.01. The van der Waals surface area contributed by atoms with Gasteiger partial charge in [-0.15, -0.1) is 5.10 Å². The highest BCUT2D eigenvalue weighted by molar-refractivity contribution is 5.29. The fourth-order valence-corrected chi connectivity index (χ4v) is 1.20. The first-order valence-corrected chi connectivity index (χ1v) is 5.49. The molecule has 0 bridgehead atoms. The molecule has 0 saturated heterocycles. The molecule has 2 rings (SSSR count). The van der Waals surface area contributed by atoms with Crippen LogP contribution in [-0.4, -0.2) is 31.3 Å². The van der Waals surface area contributed by atoms with Gasteiger partial charge in [-0.05, 0) is 6.42 Å². The van der Waals surface area contributed by atoms with E-state index in [4.69, 9.17) is 4.74 Å². The Bertz CT molecular complexity index is 529. The fraction of sp³-hybridized carbons (Fsp3) is 0.400. The van der Waals surface area contributed by atoms with Gasteiger partial charge in [-0.3, -0.25) is 4.68 Å². The molecule has 0 aromatic carbocycles. The molecule has 0 aliphatic heterocycles. The molecule has 7 nitrogen and oxygen atoms in total. The summed E-state index contributed by atoms with van der Waals surface area (Å²) in [5.74, 6) is -0.552. The van der Waals surface area contributed by atoms with E-state index in [1.54, 1.807) is 7.05 Å². The van der Waals surface area contributed by atoms with Gasteiger partial charge < -0.3 is 10.1 Å². The van der Waals surface area contributed by atoms with Crippen molar-refractivity contribution in [2.45, 2.75) is 13.3 Å². The lowest BCUT2D eigenvalue weighted by Gasteiger charge is -2.05. The van der Waals surface area contributed by atoms with Crippen LogP contribution in [0.2, 0.25) is 0 Å². The van der Waals surface area contributed by atoms with Crippen LogP contribution >= 0.6 is 0 Å². The van der Waals surface area contributed by atoms with Crippen molar-refractivity contribution in [1.29, 1.82) is 0 Å². The van der Waals surface area contributed by atoms with Crippen LogP contribution in [0.25, 0.3) is 0 Å². The summed E-state index contributed by atoms with van der Waals surface area (Å²) >= 11 is 0. The maximum Gasteiger partial charge on any atom is 0.342 e. The summed E-state index contributed by atoms with van der Waals surface area (Å²) < 4.78 is 20.0. The van der Waals surface area contributed by atoms with Gasteiger partial charge in [0.2, 0.25) is 11.8 Å². The molecule has 0 fully saturated rings. The number of anilines is 1. The Balaban J connectivity index is 2.15. The number of aromatic nitrogens is 5. The van der Waals surface area contributed by atoms with E-state index in [2.05, 4.69) is 25.4 Å². The molecule has 8 heteroatoms. The van der Waals surface area contributed by atoms with Gasteiger partial charge in [-0.2, -0.15) is 14.4 Å². The Morgan fingerprint density at radius 1 is 1.44 bits per heavy atom. The van der Waals surface area contributed by atoms with Gasteiger partial charge in [0.05, 0.1) is 6.20 Å². The van der Waals surface area contributed by atoms with E-state index in [9.17, 15) is 4.39 Å². The smallest absolute Gasteiger partial charge is 0.342 e. The first-order valence-electron chi connectivity index (χ1n) is 5.49. The number of hydrogen-bond donors (Lipinski definition) is 1. The molecule has 0 saturated carbocycles. The lowest BCUT2D eigenvalue weighted by atomic mass is 10.5. The zero-order valence-electron chi connectivity index (χ0n) is 10.1. The largest absolute Gasteiger partial charge is 0.401 e. The van der Waals surface area contributed by atoms with Gasteiger partial charge in [-0.1, -0.05) is 6.92 Å². The van der Waals surface area contributed by atoms with E-state index in [0.29, 0.717) is 12.5 Å². The van der Waals surface area contributed by atoms with Crippen molar-refractivity contribution in [2.24, 2.45) is 7.05 Å². The van der Waals surface area contributed by atoms with Crippen molar-refractivity contribution in [2.75, 3.05) is 11.9 Å². The van der Waals surface area contributed by atoms with E-state index in [1.165, 1.54) is 11.0 Å². The van der Waals surface area contributed by atoms with Crippen molar-refractivity contribution in [3.63, 3.8) is 0 Å². The average molecular weight is 252 g/mol. The van der Waals surface area contributed by atoms with Gasteiger partial charge >= 0.3 is 6.01 Å². The minimum Gasteiger partial charge on any atom is -0.401 e. The molecule has 0 aliphatic rings. The van der Waals surface area contributed by atoms with Crippen LogP contribution in [0.5, 0.6) is 11.9 Å². The SMILES string of the molecule is CCCNc1ncc(F)c(Oc2ncn(C)n2)n1. The van der Waals surface area contributed by atoms with Gasteiger partial charge in [0, 0.05) is 13.6 Å². The third kappa shape index (κ3) is 2.90.